The molecule has 1 atom stereocenters. The average molecular weight is 337 g/mol. The van der Waals surface area contributed by atoms with Gasteiger partial charge in [-0.1, -0.05) is 18.2 Å². The number of hydrogen-bond acceptors (Lipinski definition) is 2. The SMILES string of the molecule is O=C(NCCCn1ccc2ccccc21)NC1CCCc2occc21. The van der Waals surface area contributed by atoms with Crippen molar-refractivity contribution in [2.75, 3.05) is 6.54 Å². The van der Waals surface area contributed by atoms with Gasteiger partial charge in [0.2, 0.25) is 0 Å². The predicted octanol–water partition coefficient (Wildman–Crippen LogP) is 4.00. The number of amides is 2. The summed E-state index contributed by atoms with van der Waals surface area (Å²) in [5, 5.41) is 7.29. The molecule has 1 aliphatic carbocycles. The van der Waals surface area contributed by atoms with Crippen molar-refractivity contribution in [3.63, 3.8) is 0 Å². The van der Waals surface area contributed by atoms with E-state index in [0.29, 0.717) is 6.54 Å². The van der Waals surface area contributed by atoms with Crippen LogP contribution < -0.4 is 10.6 Å². The molecule has 0 aliphatic heterocycles. The third-order valence-corrected chi connectivity index (χ3v) is 4.90. The second kappa shape index (κ2) is 7.05. The van der Waals surface area contributed by atoms with Gasteiger partial charge in [-0.05, 0) is 42.8 Å². The Morgan fingerprint density at radius 1 is 1.24 bits per heavy atom. The van der Waals surface area contributed by atoms with E-state index in [0.717, 1.165) is 43.6 Å². The van der Waals surface area contributed by atoms with Crippen LogP contribution in [0.3, 0.4) is 0 Å². The lowest BCUT2D eigenvalue weighted by molar-refractivity contribution is 0.235. The van der Waals surface area contributed by atoms with Crippen molar-refractivity contribution in [2.24, 2.45) is 0 Å². The molecule has 0 spiro atoms. The van der Waals surface area contributed by atoms with E-state index >= 15 is 0 Å². The monoisotopic (exact) mass is 337 g/mol. The molecule has 130 valence electrons. The van der Waals surface area contributed by atoms with Crippen molar-refractivity contribution in [3.8, 4) is 0 Å². The van der Waals surface area contributed by atoms with Crippen LogP contribution in [0.4, 0.5) is 4.79 Å². The van der Waals surface area contributed by atoms with Crippen molar-refractivity contribution in [1.82, 2.24) is 15.2 Å². The first-order chi connectivity index (χ1) is 12.3. The van der Waals surface area contributed by atoms with Crippen LogP contribution in [0.1, 0.15) is 36.6 Å². The third-order valence-electron chi connectivity index (χ3n) is 4.90. The third kappa shape index (κ3) is 3.40. The summed E-state index contributed by atoms with van der Waals surface area (Å²) in [4.78, 5) is 12.2. The summed E-state index contributed by atoms with van der Waals surface area (Å²) >= 11 is 0. The fraction of sp³-hybridized carbons (Fsp3) is 0.350. The maximum Gasteiger partial charge on any atom is 0.315 e. The molecule has 2 N–H and O–H groups in total. The summed E-state index contributed by atoms with van der Waals surface area (Å²) in [6, 6.07) is 12.4. The maximum atomic E-state index is 12.2. The standard InChI is InChI=1S/C20H23N3O2/c24-20(22-17-6-3-8-19-16(17)10-14-25-19)21-11-4-12-23-13-9-15-5-1-2-7-18(15)23/h1-2,5,7,9-10,13-14,17H,3-4,6,8,11-12H2,(H2,21,22,24). The van der Waals surface area contributed by atoms with Crippen LogP contribution in [0.15, 0.2) is 53.3 Å². The molecule has 2 amide bonds. The van der Waals surface area contributed by atoms with Crippen molar-refractivity contribution in [1.29, 1.82) is 0 Å². The molecule has 1 unspecified atom stereocenters. The summed E-state index contributed by atoms with van der Waals surface area (Å²) in [6.07, 6.45) is 7.69. The minimum absolute atomic E-state index is 0.0656. The largest absolute Gasteiger partial charge is 0.469 e. The van der Waals surface area contributed by atoms with Gasteiger partial charge in [0, 0.05) is 36.8 Å². The highest BCUT2D eigenvalue weighted by molar-refractivity contribution is 5.79. The molecule has 0 bridgehead atoms. The van der Waals surface area contributed by atoms with E-state index in [-0.39, 0.29) is 12.1 Å². The second-order valence-electron chi connectivity index (χ2n) is 6.57. The Morgan fingerprint density at radius 3 is 3.12 bits per heavy atom. The Kier molecular flexibility index (Phi) is 4.46. The molecule has 2 aromatic heterocycles. The van der Waals surface area contributed by atoms with Gasteiger partial charge in [0.15, 0.2) is 0 Å². The Bertz CT molecular complexity index is 865. The van der Waals surface area contributed by atoms with Crippen LogP contribution in [0.2, 0.25) is 0 Å². The highest BCUT2D eigenvalue weighted by Gasteiger charge is 2.23. The molecule has 5 heteroatoms. The van der Waals surface area contributed by atoms with E-state index in [9.17, 15) is 4.79 Å². The molecule has 2 heterocycles. The van der Waals surface area contributed by atoms with Crippen LogP contribution in [-0.2, 0) is 13.0 Å². The van der Waals surface area contributed by atoms with Gasteiger partial charge in [-0.15, -0.1) is 0 Å². The van der Waals surface area contributed by atoms with E-state index in [1.54, 1.807) is 6.26 Å². The number of carbonyl (C=O) groups is 1. The van der Waals surface area contributed by atoms with Crippen molar-refractivity contribution in [2.45, 2.75) is 38.3 Å². The lowest BCUT2D eigenvalue weighted by Gasteiger charge is -2.22. The summed E-state index contributed by atoms with van der Waals surface area (Å²) in [5.74, 6) is 1.01. The zero-order valence-electron chi connectivity index (χ0n) is 14.2. The maximum absolute atomic E-state index is 12.2. The Balaban J connectivity index is 1.25. The van der Waals surface area contributed by atoms with Crippen LogP contribution in [0.25, 0.3) is 10.9 Å². The first kappa shape index (κ1) is 15.8. The predicted molar refractivity (Wildman–Crippen MR) is 97.5 cm³/mol. The molecule has 0 radical (unpaired) electrons. The number of rotatable bonds is 5. The van der Waals surface area contributed by atoms with Crippen LogP contribution >= 0.6 is 0 Å². The Morgan fingerprint density at radius 2 is 2.16 bits per heavy atom. The van der Waals surface area contributed by atoms with Gasteiger partial charge in [0.05, 0.1) is 12.3 Å². The van der Waals surface area contributed by atoms with Gasteiger partial charge < -0.3 is 19.6 Å². The number of benzene rings is 1. The molecule has 0 fully saturated rings. The highest BCUT2D eigenvalue weighted by atomic mass is 16.3. The molecule has 1 aromatic carbocycles. The van der Waals surface area contributed by atoms with Crippen LogP contribution in [-0.4, -0.2) is 17.1 Å². The first-order valence-corrected chi connectivity index (χ1v) is 8.96. The quantitative estimate of drug-likeness (QED) is 0.691. The Labute approximate surface area is 147 Å². The lowest BCUT2D eigenvalue weighted by atomic mass is 9.93. The minimum Gasteiger partial charge on any atom is -0.469 e. The van der Waals surface area contributed by atoms with E-state index < -0.39 is 0 Å². The number of furan rings is 1. The van der Waals surface area contributed by atoms with Gasteiger partial charge in [0.25, 0.3) is 0 Å². The number of nitrogens with zero attached hydrogens (tertiary/aromatic N) is 1. The van der Waals surface area contributed by atoms with E-state index in [4.69, 9.17) is 4.42 Å². The minimum atomic E-state index is -0.101. The summed E-state index contributed by atoms with van der Waals surface area (Å²) in [5.41, 5.74) is 2.36. The normalized spacial score (nSPS) is 16.6. The smallest absolute Gasteiger partial charge is 0.315 e. The van der Waals surface area contributed by atoms with Gasteiger partial charge in [-0.3, -0.25) is 0 Å². The second-order valence-corrected chi connectivity index (χ2v) is 6.57. The average Bonchev–Trinajstić information content (AvgIpc) is 3.26. The van der Waals surface area contributed by atoms with Gasteiger partial charge >= 0.3 is 6.03 Å². The fourth-order valence-electron chi connectivity index (χ4n) is 3.63. The number of aryl methyl sites for hydroxylation is 2. The zero-order valence-corrected chi connectivity index (χ0v) is 14.2. The number of nitrogens with one attached hydrogen (secondary N) is 2. The van der Waals surface area contributed by atoms with Crippen LogP contribution in [0.5, 0.6) is 0 Å². The van der Waals surface area contributed by atoms with Crippen molar-refractivity contribution < 1.29 is 9.21 Å². The summed E-state index contributed by atoms with van der Waals surface area (Å²) in [6.45, 7) is 1.55. The molecular weight excluding hydrogens is 314 g/mol. The van der Waals surface area contributed by atoms with Gasteiger partial charge in [-0.2, -0.15) is 0 Å². The Hall–Kier alpha value is -2.69. The number of carbonyl (C=O) groups excluding carboxylic acids is 1. The molecule has 0 saturated heterocycles. The van der Waals surface area contributed by atoms with E-state index in [1.807, 2.05) is 6.07 Å². The molecule has 3 aromatic rings. The summed E-state index contributed by atoms with van der Waals surface area (Å²) in [7, 11) is 0. The molecule has 0 saturated carbocycles. The number of hydrogen-bond donors (Lipinski definition) is 2. The molecule has 1 aliphatic rings. The number of para-hydroxylation sites is 1. The number of aromatic nitrogens is 1. The topological polar surface area (TPSA) is 59.2 Å². The van der Waals surface area contributed by atoms with Crippen LogP contribution in [0, 0.1) is 0 Å². The first-order valence-electron chi connectivity index (χ1n) is 8.96. The molecular formula is C20H23N3O2. The fourth-order valence-corrected chi connectivity index (χ4v) is 3.63. The number of fused-ring (bicyclic) bond motifs is 2. The molecule has 25 heavy (non-hydrogen) atoms. The number of urea groups is 1. The van der Waals surface area contributed by atoms with E-state index in [1.165, 1.54) is 10.9 Å². The van der Waals surface area contributed by atoms with Gasteiger partial charge in [-0.25, -0.2) is 4.79 Å². The van der Waals surface area contributed by atoms with Crippen molar-refractivity contribution in [3.05, 3.63) is 60.2 Å². The molecule has 5 nitrogen and oxygen atoms in total. The summed E-state index contributed by atoms with van der Waals surface area (Å²) < 4.78 is 7.70. The lowest BCUT2D eigenvalue weighted by Crippen LogP contribution is -2.39. The van der Waals surface area contributed by atoms with Gasteiger partial charge in [0.1, 0.15) is 5.76 Å². The zero-order chi connectivity index (χ0) is 17.1. The van der Waals surface area contributed by atoms with E-state index in [2.05, 4.69) is 51.7 Å². The highest BCUT2D eigenvalue weighted by Crippen LogP contribution is 2.30. The molecule has 4 rings (SSSR count). The van der Waals surface area contributed by atoms with Crippen molar-refractivity contribution >= 4 is 16.9 Å².